The number of benzene rings is 2. The molecule has 7 heteroatoms. The normalized spacial score (nSPS) is 10.8. The number of anilines is 1. The van der Waals surface area contributed by atoms with Gasteiger partial charge in [0, 0.05) is 6.20 Å². The van der Waals surface area contributed by atoms with Crippen LogP contribution in [0, 0.1) is 6.92 Å². The lowest BCUT2D eigenvalue weighted by atomic mass is 10.2. The number of nitrogens with zero attached hydrogens (tertiary/aromatic N) is 5. The first kappa shape index (κ1) is 17.5. The van der Waals surface area contributed by atoms with Gasteiger partial charge in [0.2, 0.25) is 0 Å². The van der Waals surface area contributed by atoms with E-state index in [0.717, 1.165) is 22.6 Å². The largest absolute Gasteiger partial charge is 0.477 e. The summed E-state index contributed by atoms with van der Waals surface area (Å²) in [5, 5.41) is 19.9. The third kappa shape index (κ3) is 3.50. The molecule has 4 rings (SSSR count). The summed E-state index contributed by atoms with van der Waals surface area (Å²) in [6.45, 7) is 2.37. The number of rotatable bonds is 6. The molecule has 2 heterocycles. The highest BCUT2D eigenvalue weighted by Gasteiger charge is 2.18. The molecule has 0 aliphatic carbocycles. The molecule has 140 valence electrons. The summed E-state index contributed by atoms with van der Waals surface area (Å²) in [6, 6.07) is 20.9. The van der Waals surface area contributed by atoms with Crippen LogP contribution in [-0.2, 0) is 6.54 Å². The molecule has 4 aromatic rings. The van der Waals surface area contributed by atoms with E-state index in [2.05, 4.69) is 10.3 Å². The second-order valence-electron chi connectivity index (χ2n) is 6.43. The number of aromatic nitrogens is 4. The maximum Gasteiger partial charge on any atom is 0.354 e. The Morgan fingerprint density at radius 3 is 2.64 bits per heavy atom. The molecule has 0 saturated carbocycles. The van der Waals surface area contributed by atoms with Crippen molar-refractivity contribution in [3.05, 3.63) is 96.1 Å². The fourth-order valence-corrected chi connectivity index (χ4v) is 3.06. The summed E-state index contributed by atoms with van der Waals surface area (Å²) in [7, 11) is 0. The van der Waals surface area contributed by atoms with Crippen molar-refractivity contribution in [2.45, 2.75) is 13.5 Å². The monoisotopic (exact) mass is 373 g/mol. The Bertz CT molecular complexity index is 1100. The van der Waals surface area contributed by atoms with E-state index in [-0.39, 0.29) is 5.69 Å². The van der Waals surface area contributed by atoms with Crippen LogP contribution in [0.4, 0.5) is 5.69 Å². The van der Waals surface area contributed by atoms with E-state index >= 15 is 0 Å². The predicted molar refractivity (Wildman–Crippen MR) is 106 cm³/mol. The molecular formula is C21H19N5O2. The molecule has 7 nitrogen and oxygen atoms in total. The fourth-order valence-electron chi connectivity index (χ4n) is 3.06. The van der Waals surface area contributed by atoms with Crippen LogP contribution in [0.3, 0.4) is 0 Å². The highest BCUT2D eigenvalue weighted by molar-refractivity contribution is 5.86. The Balaban J connectivity index is 1.72. The zero-order chi connectivity index (χ0) is 19.5. The summed E-state index contributed by atoms with van der Waals surface area (Å²) in [5.41, 5.74) is 3.76. The summed E-state index contributed by atoms with van der Waals surface area (Å²) < 4.78 is 3.33. The Hall–Kier alpha value is -3.87. The molecule has 1 N–H and O–H groups in total. The molecule has 0 spiro atoms. The van der Waals surface area contributed by atoms with Gasteiger partial charge < -0.3 is 5.11 Å². The van der Waals surface area contributed by atoms with Crippen LogP contribution in [0.5, 0.6) is 0 Å². The summed E-state index contributed by atoms with van der Waals surface area (Å²) in [5.74, 6) is -0.990. The molecule has 0 fully saturated rings. The minimum Gasteiger partial charge on any atom is -0.477 e. The summed E-state index contributed by atoms with van der Waals surface area (Å²) in [4.78, 5) is 11.6. The molecule has 2 aromatic heterocycles. The van der Waals surface area contributed by atoms with Crippen molar-refractivity contribution in [2.24, 2.45) is 0 Å². The standard InChI is InChI=1S/C21H19N5O2/c1-16-7-5-10-19(13-16)26(25-12-6-11-20(25)21(27)28)15-17-14-24(23-22-17)18-8-3-2-4-9-18/h2-14H,15H2,1H3,(H,27,28). The second-order valence-corrected chi connectivity index (χ2v) is 6.43. The lowest BCUT2D eigenvalue weighted by Crippen LogP contribution is -2.31. The van der Waals surface area contributed by atoms with Gasteiger partial charge in [-0.1, -0.05) is 35.5 Å². The van der Waals surface area contributed by atoms with Crippen molar-refractivity contribution in [1.29, 1.82) is 0 Å². The van der Waals surface area contributed by atoms with E-state index in [1.54, 1.807) is 27.7 Å². The lowest BCUT2D eigenvalue weighted by molar-refractivity contribution is 0.0685. The fraction of sp³-hybridized carbons (Fsp3) is 0.0952. The molecule has 0 radical (unpaired) electrons. The molecular weight excluding hydrogens is 354 g/mol. The van der Waals surface area contributed by atoms with Crippen molar-refractivity contribution >= 4 is 11.7 Å². The Morgan fingerprint density at radius 1 is 1.07 bits per heavy atom. The van der Waals surface area contributed by atoms with Crippen molar-refractivity contribution in [1.82, 2.24) is 19.7 Å². The smallest absolute Gasteiger partial charge is 0.354 e. The van der Waals surface area contributed by atoms with Crippen molar-refractivity contribution in [3.8, 4) is 5.69 Å². The van der Waals surface area contributed by atoms with E-state index in [0.29, 0.717) is 6.54 Å². The minimum absolute atomic E-state index is 0.178. The predicted octanol–water partition coefficient (Wildman–Crippen LogP) is 3.55. The topological polar surface area (TPSA) is 76.2 Å². The van der Waals surface area contributed by atoms with Gasteiger partial charge in [-0.15, -0.1) is 5.10 Å². The molecule has 0 unspecified atom stereocenters. The highest BCUT2D eigenvalue weighted by Crippen LogP contribution is 2.21. The van der Waals surface area contributed by atoms with Gasteiger partial charge in [0.25, 0.3) is 0 Å². The number of carbonyl (C=O) groups is 1. The van der Waals surface area contributed by atoms with Gasteiger partial charge >= 0.3 is 5.97 Å². The quantitative estimate of drug-likeness (QED) is 0.559. The second kappa shape index (κ2) is 7.40. The molecule has 0 amide bonds. The maximum absolute atomic E-state index is 11.6. The zero-order valence-electron chi connectivity index (χ0n) is 15.3. The van der Waals surface area contributed by atoms with Crippen LogP contribution >= 0.6 is 0 Å². The Morgan fingerprint density at radius 2 is 1.89 bits per heavy atom. The van der Waals surface area contributed by atoms with Crippen LogP contribution in [-0.4, -0.2) is 30.7 Å². The molecule has 2 aromatic carbocycles. The number of para-hydroxylation sites is 1. The lowest BCUT2D eigenvalue weighted by Gasteiger charge is -2.26. The van der Waals surface area contributed by atoms with Crippen LogP contribution in [0.15, 0.2) is 79.1 Å². The molecule has 0 aliphatic heterocycles. The number of aromatic carboxylic acids is 1. The third-order valence-electron chi connectivity index (χ3n) is 4.38. The maximum atomic E-state index is 11.6. The van der Waals surface area contributed by atoms with Gasteiger partial charge in [0.05, 0.1) is 24.1 Å². The number of carboxylic acid groups (broad SMARTS) is 1. The van der Waals surface area contributed by atoms with E-state index in [4.69, 9.17) is 0 Å². The number of aryl methyl sites for hydroxylation is 1. The van der Waals surface area contributed by atoms with Gasteiger partial charge in [-0.3, -0.25) is 9.69 Å². The first-order chi connectivity index (χ1) is 13.6. The van der Waals surface area contributed by atoms with Crippen LogP contribution < -0.4 is 5.01 Å². The average molecular weight is 373 g/mol. The first-order valence-electron chi connectivity index (χ1n) is 8.83. The van der Waals surface area contributed by atoms with Crippen molar-refractivity contribution in [2.75, 3.05) is 5.01 Å². The Kier molecular flexibility index (Phi) is 4.63. The Labute approximate surface area is 162 Å². The van der Waals surface area contributed by atoms with Gasteiger partial charge in [-0.05, 0) is 48.9 Å². The average Bonchev–Trinajstić information content (AvgIpc) is 3.36. The first-order valence-corrected chi connectivity index (χ1v) is 8.83. The number of hydrogen-bond acceptors (Lipinski definition) is 4. The minimum atomic E-state index is -0.990. The SMILES string of the molecule is Cc1cccc(N(Cc2cn(-c3ccccc3)nn2)n2cccc2C(=O)O)c1. The molecule has 0 saturated heterocycles. The number of carboxylic acids is 1. The van der Waals surface area contributed by atoms with E-state index in [1.165, 1.54) is 0 Å². The van der Waals surface area contributed by atoms with Crippen LogP contribution in [0.25, 0.3) is 5.69 Å². The van der Waals surface area contributed by atoms with Gasteiger partial charge in [-0.2, -0.15) is 0 Å². The zero-order valence-corrected chi connectivity index (χ0v) is 15.3. The van der Waals surface area contributed by atoms with Crippen molar-refractivity contribution in [3.63, 3.8) is 0 Å². The molecule has 0 bridgehead atoms. The van der Waals surface area contributed by atoms with Crippen LogP contribution in [0.2, 0.25) is 0 Å². The molecule has 0 atom stereocenters. The van der Waals surface area contributed by atoms with Gasteiger partial charge in [0.1, 0.15) is 11.4 Å². The summed E-state index contributed by atoms with van der Waals surface area (Å²) >= 11 is 0. The molecule has 28 heavy (non-hydrogen) atoms. The van der Waals surface area contributed by atoms with E-state index in [9.17, 15) is 9.90 Å². The summed E-state index contributed by atoms with van der Waals surface area (Å²) in [6.07, 6.45) is 3.58. The molecule has 0 aliphatic rings. The van der Waals surface area contributed by atoms with Gasteiger partial charge in [-0.25, -0.2) is 9.48 Å². The van der Waals surface area contributed by atoms with E-state index in [1.807, 2.05) is 72.7 Å². The third-order valence-corrected chi connectivity index (χ3v) is 4.38. The van der Waals surface area contributed by atoms with E-state index < -0.39 is 5.97 Å². The highest BCUT2D eigenvalue weighted by atomic mass is 16.4. The van der Waals surface area contributed by atoms with Gasteiger partial charge in [0.15, 0.2) is 0 Å². The van der Waals surface area contributed by atoms with Crippen molar-refractivity contribution < 1.29 is 9.90 Å². The number of hydrogen-bond donors (Lipinski definition) is 1. The van der Waals surface area contributed by atoms with Crippen LogP contribution in [0.1, 0.15) is 21.7 Å².